The van der Waals surface area contributed by atoms with E-state index >= 15 is 0 Å². The van der Waals surface area contributed by atoms with Gasteiger partial charge in [-0.3, -0.25) is 4.57 Å². The van der Waals surface area contributed by atoms with Crippen LogP contribution in [0.1, 0.15) is 6.23 Å². The van der Waals surface area contributed by atoms with Gasteiger partial charge in [0.15, 0.2) is 17.7 Å². The van der Waals surface area contributed by atoms with Crippen LogP contribution in [0.15, 0.2) is 12.7 Å². The molecule has 2 aromatic rings. The van der Waals surface area contributed by atoms with Crippen molar-refractivity contribution in [1.82, 2.24) is 19.5 Å². The SMILES string of the molecule is Nc1ncnc2c1ncn2[C@@H]1O[C@H](CO)[C@@H](O)[C@H]1O.O=P([O-])([O-])OP(=O)([O-])[O-].[Ca+2].[Ca+2]. The number of hydrogen-bond donors (Lipinski definition) is 4. The van der Waals surface area contributed by atoms with Crippen LogP contribution in [0.3, 0.4) is 0 Å². The van der Waals surface area contributed by atoms with E-state index in [2.05, 4.69) is 19.3 Å². The summed E-state index contributed by atoms with van der Waals surface area (Å²) in [5, 5.41) is 28.7. The van der Waals surface area contributed by atoms with E-state index in [1.165, 1.54) is 17.2 Å². The third-order valence-corrected chi connectivity index (χ3v) is 4.98. The summed E-state index contributed by atoms with van der Waals surface area (Å²) in [6.45, 7) is -0.390. The molecule has 1 aliphatic heterocycles. The summed E-state index contributed by atoms with van der Waals surface area (Å²) in [6.07, 6.45) is -1.42. The van der Waals surface area contributed by atoms with E-state index in [9.17, 15) is 38.9 Å². The Morgan fingerprint density at radius 2 is 1.67 bits per heavy atom. The quantitative estimate of drug-likeness (QED) is 0.215. The van der Waals surface area contributed by atoms with Gasteiger partial charge in [0, 0.05) is 0 Å². The Bertz CT molecular complexity index is 903. The average Bonchev–Trinajstić information content (AvgIpc) is 3.08. The summed E-state index contributed by atoms with van der Waals surface area (Å²) in [7, 11) is -11.4. The van der Waals surface area contributed by atoms with Crippen molar-refractivity contribution in [2.45, 2.75) is 24.5 Å². The normalized spacial score (nSPS) is 23.8. The molecule has 0 amide bonds. The smallest absolute Gasteiger partial charge is 0.790 e. The van der Waals surface area contributed by atoms with Crippen LogP contribution < -0.4 is 25.3 Å². The van der Waals surface area contributed by atoms with Crippen molar-refractivity contribution < 1.29 is 53.1 Å². The number of rotatable bonds is 4. The van der Waals surface area contributed by atoms with Gasteiger partial charge in [-0.25, -0.2) is 15.0 Å². The second-order valence-corrected chi connectivity index (χ2v) is 7.73. The van der Waals surface area contributed by atoms with E-state index in [-0.39, 0.29) is 81.3 Å². The fraction of sp³-hybridized carbons (Fsp3) is 0.500. The first-order valence-corrected chi connectivity index (χ1v) is 10.1. The molecule has 20 heteroatoms. The summed E-state index contributed by atoms with van der Waals surface area (Å²) < 4.78 is 28.0. The van der Waals surface area contributed by atoms with E-state index in [0.717, 1.165) is 0 Å². The van der Waals surface area contributed by atoms with Crippen LogP contribution in [0.5, 0.6) is 0 Å². The van der Waals surface area contributed by atoms with Gasteiger partial charge >= 0.3 is 75.5 Å². The fourth-order valence-corrected chi connectivity index (χ4v) is 3.27. The number of aliphatic hydroxyl groups excluding tert-OH is 3. The Morgan fingerprint density at radius 1 is 1.10 bits per heavy atom. The summed E-state index contributed by atoms with van der Waals surface area (Å²) in [4.78, 5) is 49.2. The Kier molecular flexibility index (Phi) is 12.8. The number of fused-ring (bicyclic) bond motifs is 1. The first-order valence-electron chi connectivity index (χ1n) is 7.15. The number of nitrogens with zero attached hydrogens (tertiary/aromatic N) is 4. The number of nitrogen functional groups attached to an aromatic ring is 1. The average molecular weight is 521 g/mol. The molecule has 0 aliphatic carbocycles. The molecule has 1 saturated heterocycles. The first kappa shape index (κ1) is 31.0. The molecule has 2 aromatic heterocycles. The third kappa shape index (κ3) is 8.39. The number of aromatic nitrogens is 4. The van der Waals surface area contributed by atoms with Gasteiger partial charge in [-0.2, -0.15) is 0 Å². The van der Waals surface area contributed by atoms with Crippen LogP contribution in [-0.2, 0) is 18.2 Å². The number of ether oxygens (including phenoxy) is 1. The zero-order valence-electron chi connectivity index (χ0n) is 15.0. The minimum Gasteiger partial charge on any atom is -0.790 e. The van der Waals surface area contributed by atoms with Crippen molar-refractivity contribution in [3.8, 4) is 0 Å². The Hall–Kier alpha value is 0.969. The molecule has 16 nitrogen and oxygen atoms in total. The van der Waals surface area contributed by atoms with Crippen LogP contribution in [-0.4, -0.2) is 135 Å². The molecule has 0 unspecified atom stereocenters. The van der Waals surface area contributed by atoms with Crippen LogP contribution in [0.2, 0.25) is 0 Å². The van der Waals surface area contributed by atoms with E-state index in [1.54, 1.807) is 0 Å². The standard InChI is InChI=1S/C10H13N5O4.2Ca.H4O7P2/c11-8-5-9(13-2-12-8)15(3-14-5)10-7(18)6(17)4(1-16)19-10;;;1-8(2,3)7-9(4,5)6/h2-4,6-7,10,16-18H,1H2,(H2,11,12,13);;;(H2,1,2,3)(H2,4,5,6)/q;2*+2;/p-4/t4-,6-,7-,10-;;;/m1.../s1. The van der Waals surface area contributed by atoms with Gasteiger partial charge in [-0.1, -0.05) is 0 Å². The molecule has 1 fully saturated rings. The molecular formula is C10H13Ca2N5O11P2. The minimum atomic E-state index is -5.68. The summed E-state index contributed by atoms with van der Waals surface area (Å²) >= 11 is 0. The number of hydrogen-bond acceptors (Lipinski definition) is 15. The van der Waals surface area contributed by atoms with Crippen LogP contribution >= 0.6 is 15.6 Å². The third-order valence-electron chi connectivity index (χ3n) is 3.38. The topological polar surface area (TPSA) is 275 Å². The van der Waals surface area contributed by atoms with Crippen molar-refractivity contribution in [2.24, 2.45) is 0 Å². The molecule has 5 N–H and O–H groups in total. The van der Waals surface area contributed by atoms with Crippen LogP contribution in [0.25, 0.3) is 11.2 Å². The van der Waals surface area contributed by atoms with E-state index in [0.29, 0.717) is 11.2 Å². The van der Waals surface area contributed by atoms with Crippen molar-refractivity contribution in [2.75, 3.05) is 12.3 Å². The molecule has 3 heterocycles. The molecule has 0 radical (unpaired) electrons. The zero-order chi connectivity index (χ0) is 21.3. The number of nitrogens with two attached hydrogens (primary N) is 1. The van der Waals surface area contributed by atoms with E-state index < -0.39 is 46.8 Å². The first-order chi connectivity index (χ1) is 12.8. The number of aliphatic hydroxyl groups is 3. The minimum absolute atomic E-state index is 0. The second-order valence-electron chi connectivity index (χ2n) is 5.29. The second kappa shape index (κ2) is 12.4. The van der Waals surface area contributed by atoms with Crippen molar-refractivity contribution >= 4 is 108 Å². The summed E-state index contributed by atoms with van der Waals surface area (Å²) in [5.74, 6) is 0.218. The molecular weight excluding hydrogens is 508 g/mol. The molecule has 0 aromatic carbocycles. The van der Waals surface area contributed by atoms with Gasteiger partial charge in [-0.05, 0) is 0 Å². The molecule has 0 spiro atoms. The molecule has 3 rings (SSSR count). The van der Waals surface area contributed by atoms with Gasteiger partial charge in [-0.15, -0.1) is 0 Å². The molecule has 0 bridgehead atoms. The molecule has 1 aliphatic rings. The number of phosphoric acid groups is 2. The van der Waals surface area contributed by atoms with Gasteiger partial charge in [0.25, 0.3) is 0 Å². The number of imidazole rings is 1. The van der Waals surface area contributed by atoms with Gasteiger partial charge in [0.1, 0.15) is 30.2 Å². The molecule has 30 heavy (non-hydrogen) atoms. The molecule has 4 atom stereocenters. The van der Waals surface area contributed by atoms with E-state index in [4.69, 9.17) is 15.6 Å². The number of anilines is 1. The monoisotopic (exact) mass is 521 g/mol. The molecule has 0 saturated carbocycles. The van der Waals surface area contributed by atoms with Crippen LogP contribution in [0, 0.1) is 0 Å². The zero-order valence-corrected chi connectivity index (χ0v) is 21.2. The van der Waals surface area contributed by atoms with Gasteiger partial charge in [0.2, 0.25) is 0 Å². The maximum atomic E-state index is 9.95. The predicted octanol–water partition coefficient (Wildman–Crippen LogP) is -6.08. The summed E-state index contributed by atoms with van der Waals surface area (Å²) in [6, 6.07) is 0. The van der Waals surface area contributed by atoms with Crippen molar-refractivity contribution in [1.29, 1.82) is 0 Å². The Labute approximate surface area is 227 Å². The predicted molar refractivity (Wildman–Crippen MR) is 90.6 cm³/mol. The van der Waals surface area contributed by atoms with Crippen molar-refractivity contribution in [3.05, 3.63) is 12.7 Å². The summed E-state index contributed by atoms with van der Waals surface area (Å²) in [5.41, 5.74) is 6.44. The Morgan fingerprint density at radius 3 is 2.10 bits per heavy atom. The van der Waals surface area contributed by atoms with E-state index in [1.807, 2.05) is 0 Å². The van der Waals surface area contributed by atoms with Crippen LogP contribution in [0.4, 0.5) is 5.82 Å². The van der Waals surface area contributed by atoms with Crippen molar-refractivity contribution in [3.63, 3.8) is 0 Å². The van der Waals surface area contributed by atoms with Gasteiger partial charge < -0.3 is 58.8 Å². The fourth-order valence-electron chi connectivity index (χ4n) is 2.29. The maximum absolute atomic E-state index is 9.95. The largest absolute Gasteiger partial charge is 2.00 e. The van der Waals surface area contributed by atoms with Gasteiger partial charge in [0.05, 0.1) is 28.6 Å². The maximum Gasteiger partial charge on any atom is 2.00 e. The Balaban J connectivity index is 0.000000664. The molecule has 158 valence electrons.